The molecule has 0 amide bonds. The van der Waals surface area contributed by atoms with E-state index in [0.29, 0.717) is 17.1 Å². The Balaban J connectivity index is 1.69. The second-order valence-corrected chi connectivity index (χ2v) is 9.74. The summed E-state index contributed by atoms with van der Waals surface area (Å²) in [5.74, 6) is 0. The van der Waals surface area contributed by atoms with Crippen molar-refractivity contribution in [1.29, 1.82) is 0 Å². The average Bonchev–Trinajstić information content (AvgIpc) is 2.80. The highest BCUT2D eigenvalue weighted by atomic mass is 35.5. The fourth-order valence-electron chi connectivity index (χ4n) is 5.18. The Morgan fingerprint density at radius 3 is 2.48 bits per heavy atom. The second-order valence-electron chi connectivity index (χ2n) is 9.30. The van der Waals surface area contributed by atoms with Crippen LogP contribution < -0.4 is 10.6 Å². The van der Waals surface area contributed by atoms with E-state index in [-0.39, 0.29) is 0 Å². The lowest BCUT2D eigenvalue weighted by molar-refractivity contribution is 0.391. The van der Waals surface area contributed by atoms with Gasteiger partial charge in [-0.15, -0.1) is 0 Å². The van der Waals surface area contributed by atoms with Crippen LogP contribution >= 0.6 is 11.6 Å². The summed E-state index contributed by atoms with van der Waals surface area (Å²) >= 11 is 6.29. The number of hydrogen-bond donors (Lipinski definition) is 1. The van der Waals surface area contributed by atoms with E-state index < -0.39 is 0 Å². The van der Waals surface area contributed by atoms with Crippen LogP contribution in [0.5, 0.6) is 0 Å². The highest BCUT2D eigenvalue weighted by Crippen LogP contribution is 2.40. The first-order valence-electron chi connectivity index (χ1n) is 11.8. The number of halogens is 1. The number of aryl methyl sites for hydroxylation is 2. The van der Waals surface area contributed by atoms with E-state index in [1.54, 1.807) is 0 Å². The lowest BCUT2D eigenvalue weighted by Crippen LogP contribution is -2.38. The predicted octanol–water partition coefficient (Wildman–Crippen LogP) is 7.58. The molecule has 0 aliphatic heterocycles. The standard InChI is InChI=1S/C29H30ClN3/c1-19-15-21(26-6-4-3-5-20(26)2)17-25(16-19)33(24-10-8-23(31)9-11-24)29-13-14-32-28-18-22(30)7-12-27(28)29/h3-7,12-18,23-24H,8-11,31H2,1-2H3. The molecule has 1 aliphatic carbocycles. The van der Waals surface area contributed by atoms with Gasteiger partial charge in [0.1, 0.15) is 0 Å². The number of fused-ring (bicyclic) bond motifs is 1. The zero-order valence-electron chi connectivity index (χ0n) is 19.3. The van der Waals surface area contributed by atoms with Crippen LogP contribution in [0.4, 0.5) is 11.4 Å². The van der Waals surface area contributed by atoms with Gasteiger partial charge in [-0.3, -0.25) is 4.98 Å². The van der Waals surface area contributed by atoms with E-state index in [1.807, 2.05) is 18.3 Å². The molecule has 2 N–H and O–H groups in total. The largest absolute Gasteiger partial charge is 0.338 e. The van der Waals surface area contributed by atoms with Crippen molar-refractivity contribution < 1.29 is 0 Å². The summed E-state index contributed by atoms with van der Waals surface area (Å²) in [5.41, 5.74) is 14.7. The minimum atomic E-state index is 0.302. The molecule has 1 fully saturated rings. The molecule has 0 bridgehead atoms. The SMILES string of the molecule is Cc1cc(-c2ccccc2C)cc(N(c2ccnc3cc(Cl)ccc23)C2CCC(N)CC2)c1. The molecule has 4 aromatic rings. The molecule has 1 aromatic heterocycles. The number of nitrogens with zero attached hydrogens (tertiary/aromatic N) is 2. The third kappa shape index (κ3) is 4.48. The Morgan fingerprint density at radius 2 is 1.70 bits per heavy atom. The zero-order valence-corrected chi connectivity index (χ0v) is 20.0. The van der Waals surface area contributed by atoms with E-state index in [0.717, 1.165) is 36.6 Å². The van der Waals surface area contributed by atoms with Crippen LogP contribution in [0.3, 0.4) is 0 Å². The molecule has 0 saturated heterocycles. The molecule has 0 unspecified atom stereocenters. The van der Waals surface area contributed by atoms with E-state index in [1.165, 1.54) is 33.6 Å². The summed E-state index contributed by atoms with van der Waals surface area (Å²) in [6, 6.07) is 24.4. The number of pyridine rings is 1. The molecule has 1 aliphatic rings. The fourth-order valence-corrected chi connectivity index (χ4v) is 5.34. The third-order valence-corrected chi connectivity index (χ3v) is 7.08. The lowest BCUT2D eigenvalue weighted by atomic mass is 9.89. The van der Waals surface area contributed by atoms with Gasteiger partial charge in [0.05, 0.1) is 11.2 Å². The van der Waals surface area contributed by atoms with Crippen molar-refractivity contribution in [2.24, 2.45) is 5.73 Å². The maximum Gasteiger partial charge on any atom is 0.0737 e. The van der Waals surface area contributed by atoms with Crippen molar-refractivity contribution in [1.82, 2.24) is 4.98 Å². The van der Waals surface area contributed by atoms with E-state index in [4.69, 9.17) is 17.3 Å². The first-order valence-corrected chi connectivity index (χ1v) is 12.1. The van der Waals surface area contributed by atoms with Crippen molar-refractivity contribution in [3.63, 3.8) is 0 Å². The van der Waals surface area contributed by atoms with Gasteiger partial charge >= 0.3 is 0 Å². The number of anilines is 2. The molecule has 0 spiro atoms. The van der Waals surface area contributed by atoms with Crippen molar-refractivity contribution in [2.45, 2.75) is 51.6 Å². The third-order valence-electron chi connectivity index (χ3n) is 6.84. The van der Waals surface area contributed by atoms with Crippen LogP contribution in [0, 0.1) is 13.8 Å². The van der Waals surface area contributed by atoms with Gasteiger partial charge in [-0.1, -0.05) is 41.9 Å². The molecule has 5 rings (SSSR count). The number of aromatic nitrogens is 1. The van der Waals surface area contributed by atoms with Crippen LogP contribution in [0.15, 0.2) is 72.9 Å². The molecule has 0 atom stereocenters. The minimum absolute atomic E-state index is 0.302. The second kappa shape index (κ2) is 9.17. The number of hydrogen-bond acceptors (Lipinski definition) is 3. The van der Waals surface area contributed by atoms with Gasteiger partial charge in [0.25, 0.3) is 0 Å². The maximum atomic E-state index is 6.29. The summed E-state index contributed by atoms with van der Waals surface area (Å²) in [6.45, 7) is 4.36. The van der Waals surface area contributed by atoms with E-state index >= 15 is 0 Å². The smallest absolute Gasteiger partial charge is 0.0737 e. The number of rotatable bonds is 4. The summed E-state index contributed by atoms with van der Waals surface area (Å²) in [4.78, 5) is 7.13. The molecule has 3 nitrogen and oxygen atoms in total. The Hall–Kier alpha value is -2.88. The Morgan fingerprint density at radius 1 is 0.909 bits per heavy atom. The normalized spacial score (nSPS) is 18.4. The van der Waals surface area contributed by atoms with Gasteiger partial charge in [0, 0.05) is 34.4 Å². The molecular weight excluding hydrogens is 426 g/mol. The van der Waals surface area contributed by atoms with Crippen LogP contribution in [-0.2, 0) is 0 Å². The fraction of sp³-hybridized carbons (Fsp3) is 0.276. The highest BCUT2D eigenvalue weighted by molar-refractivity contribution is 6.31. The molecule has 168 valence electrons. The van der Waals surface area contributed by atoms with Gasteiger partial charge in [-0.25, -0.2) is 0 Å². The molecule has 1 saturated carbocycles. The molecule has 0 radical (unpaired) electrons. The number of benzene rings is 3. The molecule has 3 aromatic carbocycles. The van der Waals surface area contributed by atoms with Gasteiger partial charge < -0.3 is 10.6 Å². The van der Waals surface area contributed by atoms with Crippen LogP contribution in [0.25, 0.3) is 22.0 Å². The van der Waals surface area contributed by atoms with Crippen molar-refractivity contribution >= 4 is 33.9 Å². The van der Waals surface area contributed by atoms with Gasteiger partial charge in [-0.05, 0) is 98.2 Å². The first-order chi connectivity index (χ1) is 16.0. The average molecular weight is 456 g/mol. The lowest BCUT2D eigenvalue weighted by Gasteiger charge is -2.38. The predicted molar refractivity (Wildman–Crippen MR) is 140 cm³/mol. The van der Waals surface area contributed by atoms with Crippen molar-refractivity contribution in [2.75, 3.05) is 4.90 Å². The molecule has 4 heteroatoms. The maximum absolute atomic E-state index is 6.29. The van der Waals surface area contributed by atoms with Crippen LogP contribution in [0.1, 0.15) is 36.8 Å². The van der Waals surface area contributed by atoms with Crippen molar-refractivity contribution in [3.8, 4) is 11.1 Å². The monoisotopic (exact) mass is 455 g/mol. The van der Waals surface area contributed by atoms with E-state index in [9.17, 15) is 0 Å². The Bertz CT molecular complexity index is 1290. The van der Waals surface area contributed by atoms with Crippen LogP contribution in [0.2, 0.25) is 5.02 Å². The Kier molecular flexibility index (Phi) is 6.09. The summed E-state index contributed by atoms with van der Waals surface area (Å²) in [6.07, 6.45) is 6.14. The minimum Gasteiger partial charge on any atom is -0.338 e. The van der Waals surface area contributed by atoms with Gasteiger partial charge in [0.2, 0.25) is 0 Å². The first kappa shape index (κ1) is 21.9. The Labute approximate surface area is 201 Å². The molecule has 1 heterocycles. The quantitative estimate of drug-likeness (QED) is 0.344. The van der Waals surface area contributed by atoms with Gasteiger partial charge in [0.15, 0.2) is 0 Å². The summed E-state index contributed by atoms with van der Waals surface area (Å²) < 4.78 is 0. The number of nitrogens with two attached hydrogens (primary N) is 1. The summed E-state index contributed by atoms with van der Waals surface area (Å²) in [5, 5.41) is 1.83. The topological polar surface area (TPSA) is 42.2 Å². The zero-order chi connectivity index (χ0) is 22.9. The molecular formula is C29H30ClN3. The summed E-state index contributed by atoms with van der Waals surface area (Å²) in [7, 11) is 0. The van der Waals surface area contributed by atoms with Crippen molar-refractivity contribution in [3.05, 3.63) is 89.1 Å². The molecule has 33 heavy (non-hydrogen) atoms. The van der Waals surface area contributed by atoms with Crippen LogP contribution in [-0.4, -0.2) is 17.1 Å². The highest BCUT2D eigenvalue weighted by Gasteiger charge is 2.27. The van der Waals surface area contributed by atoms with Gasteiger partial charge in [-0.2, -0.15) is 0 Å². The van der Waals surface area contributed by atoms with E-state index in [2.05, 4.69) is 78.3 Å².